The summed E-state index contributed by atoms with van der Waals surface area (Å²) in [6.07, 6.45) is 8.43. The Morgan fingerprint density at radius 3 is 3.00 bits per heavy atom. The topological polar surface area (TPSA) is 9.23 Å². The third-order valence-electron chi connectivity index (χ3n) is 2.65. The normalized spacial score (nSPS) is 43.1. The largest absolute Gasteiger partial charge is 0.371 e. The van der Waals surface area contributed by atoms with Crippen molar-refractivity contribution in [1.29, 1.82) is 0 Å². The summed E-state index contributed by atoms with van der Waals surface area (Å²) in [6.45, 7) is 2.94. The molecule has 0 amide bonds. The van der Waals surface area contributed by atoms with Crippen LogP contribution in [0.2, 0.25) is 0 Å². The molecule has 0 saturated heterocycles. The van der Waals surface area contributed by atoms with Gasteiger partial charge in [0.15, 0.2) is 0 Å². The van der Waals surface area contributed by atoms with E-state index in [0.717, 1.165) is 12.5 Å². The molecule has 2 unspecified atom stereocenters. The van der Waals surface area contributed by atoms with Gasteiger partial charge in [-0.1, -0.05) is 12.2 Å². The van der Waals surface area contributed by atoms with E-state index in [1.165, 1.54) is 19.3 Å². The molecule has 2 aliphatic rings. The lowest BCUT2D eigenvalue weighted by Gasteiger charge is -2.22. The van der Waals surface area contributed by atoms with Gasteiger partial charge in [0.25, 0.3) is 0 Å². The lowest BCUT2D eigenvalue weighted by atomic mass is 10.0. The Morgan fingerprint density at radius 2 is 2.60 bits per heavy atom. The van der Waals surface area contributed by atoms with Crippen LogP contribution in [0.15, 0.2) is 12.2 Å². The minimum atomic E-state index is 0.180. The zero-order chi connectivity index (χ0) is 7.03. The molecular formula is C9H14O. The molecule has 2 atom stereocenters. The maximum atomic E-state index is 5.69. The summed E-state index contributed by atoms with van der Waals surface area (Å²) in [6, 6.07) is 0. The summed E-state index contributed by atoms with van der Waals surface area (Å²) in [7, 11) is 0. The maximum Gasteiger partial charge on any atom is 0.0868 e. The number of hydrogen-bond acceptors (Lipinski definition) is 1. The molecule has 0 heterocycles. The molecular weight excluding hydrogens is 124 g/mol. The van der Waals surface area contributed by atoms with Crippen molar-refractivity contribution in [3.63, 3.8) is 0 Å². The van der Waals surface area contributed by atoms with Gasteiger partial charge in [0.05, 0.1) is 5.60 Å². The lowest BCUT2D eigenvalue weighted by molar-refractivity contribution is 0.00724. The smallest absolute Gasteiger partial charge is 0.0868 e. The van der Waals surface area contributed by atoms with Crippen molar-refractivity contribution in [2.75, 3.05) is 6.61 Å². The van der Waals surface area contributed by atoms with Crippen molar-refractivity contribution in [3.8, 4) is 0 Å². The Hall–Kier alpha value is -0.300. The van der Waals surface area contributed by atoms with Gasteiger partial charge in [-0.15, -0.1) is 0 Å². The Bertz CT molecular complexity index is 162. The van der Waals surface area contributed by atoms with E-state index in [0.29, 0.717) is 0 Å². The van der Waals surface area contributed by atoms with Crippen molar-refractivity contribution in [3.05, 3.63) is 12.2 Å². The molecule has 0 aliphatic heterocycles. The van der Waals surface area contributed by atoms with Crippen molar-refractivity contribution in [2.45, 2.75) is 31.8 Å². The van der Waals surface area contributed by atoms with Gasteiger partial charge in [0.1, 0.15) is 0 Å². The highest BCUT2D eigenvalue weighted by atomic mass is 16.5. The third kappa shape index (κ3) is 0.807. The molecule has 0 radical (unpaired) electrons. The number of hydrogen-bond donors (Lipinski definition) is 0. The van der Waals surface area contributed by atoms with Crippen LogP contribution >= 0.6 is 0 Å². The minimum Gasteiger partial charge on any atom is -0.371 e. The molecule has 0 aromatic rings. The summed E-state index contributed by atoms with van der Waals surface area (Å²) in [5.74, 6) is 0.839. The number of fused-ring (bicyclic) bond motifs is 2. The van der Waals surface area contributed by atoms with Crippen LogP contribution in [-0.4, -0.2) is 12.2 Å². The van der Waals surface area contributed by atoms with E-state index in [1.807, 2.05) is 0 Å². The van der Waals surface area contributed by atoms with Gasteiger partial charge in [-0.25, -0.2) is 0 Å². The summed E-state index contributed by atoms with van der Waals surface area (Å²) in [4.78, 5) is 0. The Morgan fingerprint density at radius 1 is 1.70 bits per heavy atom. The molecule has 2 bridgehead atoms. The van der Waals surface area contributed by atoms with Gasteiger partial charge in [-0.2, -0.15) is 0 Å². The average molecular weight is 138 g/mol. The Kier molecular flexibility index (Phi) is 1.34. The van der Waals surface area contributed by atoms with Crippen LogP contribution in [0.25, 0.3) is 0 Å². The third-order valence-corrected chi connectivity index (χ3v) is 2.65. The van der Waals surface area contributed by atoms with E-state index in [4.69, 9.17) is 4.74 Å². The Labute approximate surface area is 62.1 Å². The predicted molar refractivity (Wildman–Crippen MR) is 40.8 cm³/mol. The second-order valence-electron chi connectivity index (χ2n) is 3.36. The first kappa shape index (κ1) is 6.41. The van der Waals surface area contributed by atoms with Crippen LogP contribution < -0.4 is 0 Å². The molecule has 2 rings (SSSR count). The lowest BCUT2D eigenvalue weighted by Crippen LogP contribution is -2.24. The van der Waals surface area contributed by atoms with Crippen LogP contribution in [0.4, 0.5) is 0 Å². The van der Waals surface area contributed by atoms with Gasteiger partial charge in [0.2, 0.25) is 0 Å². The molecule has 2 aliphatic carbocycles. The summed E-state index contributed by atoms with van der Waals surface area (Å²) < 4.78 is 5.69. The quantitative estimate of drug-likeness (QED) is 0.531. The Balaban J connectivity index is 2.09. The highest BCUT2D eigenvalue weighted by molar-refractivity contribution is 5.17. The molecule has 1 fully saturated rings. The number of rotatable bonds is 2. The van der Waals surface area contributed by atoms with Gasteiger partial charge in [-0.05, 0) is 32.1 Å². The molecule has 1 heteroatoms. The van der Waals surface area contributed by atoms with Crippen molar-refractivity contribution in [1.82, 2.24) is 0 Å². The van der Waals surface area contributed by atoms with Gasteiger partial charge in [-0.3, -0.25) is 0 Å². The fourth-order valence-electron chi connectivity index (χ4n) is 2.17. The van der Waals surface area contributed by atoms with E-state index in [9.17, 15) is 0 Å². The standard InChI is InChI=1S/C9H14O/c1-2-10-9-5-3-8(7-9)4-6-9/h3,5,8H,2,4,6-7H2,1H3. The zero-order valence-electron chi connectivity index (χ0n) is 6.47. The number of ether oxygens (including phenoxy) is 1. The van der Waals surface area contributed by atoms with Gasteiger partial charge >= 0.3 is 0 Å². The fraction of sp³-hybridized carbons (Fsp3) is 0.778. The molecule has 1 nitrogen and oxygen atoms in total. The fourth-order valence-corrected chi connectivity index (χ4v) is 2.17. The van der Waals surface area contributed by atoms with E-state index in [1.54, 1.807) is 0 Å². The van der Waals surface area contributed by atoms with E-state index >= 15 is 0 Å². The summed E-state index contributed by atoms with van der Waals surface area (Å²) >= 11 is 0. The SMILES string of the molecule is CCOC12C=CC(CC1)C2. The first-order valence-corrected chi connectivity index (χ1v) is 4.18. The molecule has 56 valence electrons. The monoisotopic (exact) mass is 138 g/mol. The average Bonchev–Trinajstić information content (AvgIpc) is 2.46. The van der Waals surface area contributed by atoms with Gasteiger partial charge in [0, 0.05) is 6.61 Å². The van der Waals surface area contributed by atoms with E-state index in [2.05, 4.69) is 19.1 Å². The van der Waals surface area contributed by atoms with Crippen LogP contribution in [0, 0.1) is 5.92 Å². The van der Waals surface area contributed by atoms with Crippen LogP contribution in [-0.2, 0) is 4.74 Å². The van der Waals surface area contributed by atoms with Crippen molar-refractivity contribution < 1.29 is 4.74 Å². The highest BCUT2D eigenvalue weighted by Gasteiger charge is 2.40. The minimum absolute atomic E-state index is 0.180. The first-order chi connectivity index (χ1) is 4.85. The van der Waals surface area contributed by atoms with Crippen molar-refractivity contribution in [2.24, 2.45) is 5.92 Å². The van der Waals surface area contributed by atoms with E-state index < -0.39 is 0 Å². The van der Waals surface area contributed by atoms with Crippen LogP contribution in [0.3, 0.4) is 0 Å². The zero-order valence-corrected chi connectivity index (χ0v) is 6.47. The molecule has 0 aromatic heterocycles. The summed E-state index contributed by atoms with van der Waals surface area (Å²) in [5, 5.41) is 0. The predicted octanol–water partition coefficient (Wildman–Crippen LogP) is 2.13. The van der Waals surface area contributed by atoms with Crippen molar-refractivity contribution >= 4 is 0 Å². The first-order valence-electron chi connectivity index (χ1n) is 4.18. The van der Waals surface area contributed by atoms with Crippen LogP contribution in [0.5, 0.6) is 0 Å². The maximum absolute atomic E-state index is 5.69. The second-order valence-corrected chi connectivity index (χ2v) is 3.36. The van der Waals surface area contributed by atoms with Gasteiger partial charge < -0.3 is 4.74 Å². The molecule has 0 aromatic carbocycles. The summed E-state index contributed by atoms with van der Waals surface area (Å²) in [5.41, 5.74) is 0.180. The van der Waals surface area contributed by atoms with Crippen LogP contribution in [0.1, 0.15) is 26.2 Å². The molecule has 1 saturated carbocycles. The second kappa shape index (κ2) is 2.09. The highest BCUT2D eigenvalue weighted by Crippen LogP contribution is 2.44. The molecule has 0 N–H and O–H groups in total. The molecule has 10 heavy (non-hydrogen) atoms. The van der Waals surface area contributed by atoms with E-state index in [-0.39, 0.29) is 5.60 Å². The number of allylic oxidation sites excluding steroid dienone is 1. The molecule has 0 spiro atoms.